The Morgan fingerprint density at radius 2 is 1.73 bits per heavy atom. The number of hydrogen-bond donors (Lipinski definition) is 0. The Kier molecular flexibility index (Phi) is 3.70. The van der Waals surface area contributed by atoms with Gasteiger partial charge in [0.25, 0.3) is 0 Å². The molecule has 0 aliphatic heterocycles. The molecule has 0 amide bonds. The van der Waals surface area contributed by atoms with Gasteiger partial charge in [-0.1, -0.05) is 35.0 Å². The van der Waals surface area contributed by atoms with E-state index in [1.54, 1.807) is 7.11 Å². The van der Waals surface area contributed by atoms with Crippen molar-refractivity contribution in [3.05, 3.63) is 71.5 Å². The fourth-order valence-corrected chi connectivity index (χ4v) is 2.16. The molecule has 0 aliphatic carbocycles. The SMILES string of the molecule is COc1ccc(-n2nncc2C(=O)c2ccc(C)cc2)cc1. The van der Waals surface area contributed by atoms with E-state index in [2.05, 4.69) is 10.3 Å². The molecule has 110 valence electrons. The Morgan fingerprint density at radius 1 is 1.05 bits per heavy atom. The van der Waals surface area contributed by atoms with Gasteiger partial charge < -0.3 is 4.74 Å². The normalized spacial score (nSPS) is 10.5. The van der Waals surface area contributed by atoms with E-state index in [1.807, 2.05) is 55.5 Å². The summed E-state index contributed by atoms with van der Waals surface area (Å²) in [7, 11) is 1.61. The fourth-order valence-electron chi connectivity index (χ4n) is 2.16. The number of aryl methyl sites for hydroxylation is 1. The molecule has 2 aromatic carbocycles. The first-order valence-electron chi connectivity index (χ1n) is 6.85. The standard InChI is InChI=1S/C17H15N3O2/c1-12-3-5-13(6-4-12)17(21)16-11-18-19-20(16)14-7-9-15(22-2)10-8-14/h3-11H,1-2H3. The predicted octanol–water partition coefficient (Wildman–Crippen LogP) is 2.82. The highest BCUT2D eigenvalue weighted by Gasteiger charge is 2.16. The summed E-state index contributed by atoms with van der Waals surface area (Å²) in [4.78, 5) is 12.6. The molecule has 1 heterocycles. The number of rotatable bonds is 4. The molecule has 0 saturated carbocycles. The summed E-state index contributed by atoms with van der Waals surface area (Å²) >= 11 is 0. The predicted molar refractivity (Wildman–Crippen MR) is 82.5 cm³/mol. The van der Waals surface area contributed by atoms with E-state index in [0.29, 0.717) is 11.3 Å². The average molecular weight is 293 g/mol. The first kappa shape index (κ1) is 14.0. The molecule has 0 aliphatic rings. The molecule has 0 radical (unpaired) electrons. The topological polar surface area (TPSA) is 57.0 Å². The van der Waals surface area contributed by atoms with Crippen molar-refractivity contribution in [2.75, 3.05) is 7.11 Å². The van der Waals surface area contributed by atoms with Crippen LogP contribution in [0.3, 0.4) is 0 Å². The van der Waals surface area contributed by atoms with Crippen molar-refractivity contribution in [2.45, 2.75) is 6.92 Å². The van der Waals surface area contributed by atoms with Crippen LogP contribution in [0.4, 0.5) is 0 Å². The first-order chi connectivity index (χ1) is 10.7. The van der Waals surface area contributed by atoms with Gasteiger partial charge in [-0.05, 0) is 31.2 Å². The largest absolute Gasteiger partial charge is 0.497 e. The minimum absolute atomic E-state index is 0.110. The van der Waals surface area contributed by atoms with Crippen molar-refractivity contribution in [3.63, 3.8) is 0 Å². The Labute approximate surface area is 128 Å². The van der Waals surface area contributed by atoms with E-state index in [1.165, 1.54) is 10.9 Å². The molecule has 3 aromatic rings. The van der Waals surface area contributed by atoms with E-state index < -0.39 is 0 Å². The van der Waals surface area contributed by atoms with Gasteiger partial charge in [0.2, 0.25) is 5.78 Å². The van der Waals surface area contributed by atoms with Gasteiger partial charge in [0.05, 0.1) is 19.0 Å². The van der Waals surface area contributed by atoms with Gasteiger partial charge >= 0.3 is 0 Å². The molecule has 5 heteroatoms. The van der Waals surface area contributed by atoms with E-state index in [4.69, 9.17) is 4.74 Å². The highest BCUT2D eigenvalue weighted by Crippen LogP contribution is 2.17. The second-order valence-electron chi connectivity index (χ2n) is 4.92. The molecule has 0 saturated heterocycles. The van der Waals surface area contributed by atoms with Gasteiger partial charge in [-0.25, -0.2) is 4.68 Å². The quantitative estimate of drug-likeness (QED) is 0.694. The number of aromatic nitrogens is 3. The molecule has 0 fully saturated rings. The lowest BCUT2D eigenvalue weighted by molar-refractivity contribution is 0.103. The van der Waals surface area contributed by atoms with E-state index >= 15 is 0 Å². The second kappa shape index (κ2) is 5.81. The average Bonchev–Trinajstić information content (AvgIpc) is 3.04. The lowest BCUT2D eigenvalue weighted by atomic mass is 10.1. The van der Waals surface area contributed by atoms with Crippen molar-refractivity contribution in [3.8, 4) is 11.4 Å². The number of hydrogen-bond acceptors (Lipinski definition) is 4. The maximum Gasteiger partial charge on any atom is 0.213 e. The van der Waals surface area contributed by atoms with Crippen LogP contribution in [-0.2, 0) is 0 Å². The smallest absolute Gasteiger partial charge is 0.213 e. The molecule has 0 unspecified atom stereocenters. The van der Waals surface area contributed by atoms with Crippen LogP contribution < -0.4 is 4.74 Å². The van der Waals surface area contributed by atoms with Crippen LogP contribution >= 0.6 is 0 Å². The molecule has 0 atom stereocenters. The van der Waals surface area contributed by atoms with Crippen LogP contribution in [0.1, 0.15) is 21.6 Å². The summed E-state index contributed by atoms with van der Waals surface area (Å²) in [5.74, 6) is 0.635. The van der Waals surface area contributed by atoms with Gasteiger partial charge in [-0.2, -0.15) is 0 Å². The number of benzene rings is 2. The summed E-state index contributed by atoms with van der Waals surface area (Å²) in [6, 6.07) is 14.7. The van der Waals surface area contributed by atoms with Crippen molar-refractivity contribution >= 4 is 5.78 Å². The molecule has 5 nitrogen and oxygen atoms in total. The zero-order valence-electron chi connectivity index (χ0n) is 12.4. The number of methoxy groups -OCH3 is 1. The monoisotopic (exact) mass is 293 g/mol. The Balaban J connectivity index is 1.97. The zero-order chi connectivity index (χ0) is 15.5. The Morgan fingerprint density at radius 3 is 2.36 bits per heavy atom. The summed E-state index contributed by atoms with van der Waals surface area (Å²) in [5.41, 5.74) is 2.91. The first-order valence-corrected chi connectivity index (χ1v) is 6.85. The third kappa shape index (κ3) is 2.61. The number of carbonyl (C=O) groups is 1. The van der Waals surface area contributed by atoms with Gasteiger partial charge in [-0.3, -0.25) is 4.79 Å². The van der Waals surface area contributed by atoms with E-state index in [9.17, 15) is 4.79 Å². The van der Waals surface area contributed by atoms with Crippen LogP contribution in [0.15, 0.2) is 54.7 Å². The zero-order valence-corrected chi connectivity index (χ0v) is 12.4. The van der Waals surface area contributed by atoms with E-state index in [-0.39, 0.29) is 5.78 Å². The molecular weight excluding hydrogens is 278 g/mol. The van der Waals surface area contributed by atoms with Crippen LogP contribution in [0.5, 0.6) is 5.75 Å². The van der Waals surface area contributed by atoms with Crippen molar-refractivity contribution < 1.29 is 9.53 Å². The maximum absolute atomic E-state index is 12.6. The van der Waals surface area contributed by atoms with Gasteiger partial charge in [0, 0.05) is 5.56 Å². The molecule has 0 N–H and O–H groups in total. The maximum atomic E-state index is 12.6. The van der Waals surface area contributed by atoms with Crippen LogP contribution in [-0.4, -0.2) is 27.9 Å². The van der Waals surface area contributed by atoms with Crippen LogP contribution in [0.25, 0.3) is 5.69 Å². The summed E-state index contributed by atoms with van der Waals surface area (Å²) < 4.78 is 6.66. The summed E-state index contributed by atoms with van der Waals surface area (Å²) in [5, 5.41) is 7.88. The minimum Gasteiger partial charge on any atom is -0.497 e. The van der Waals surface area contributed by atoms with Gasteiger partial charge in [0.1, 0.15) is 11.4 Å². The second-order valence-corrected chi connectivity index (χ2v) is 4.92. The van der Waals surface area contributed by atoms with Crippen molar-refractivity contribution in [1.29, 1.82) is 0 Å². The van der Waals surface area contributed by atoms with Gasteiger partial charge in [0.15, 0.2) is 0 Å². The molecule has 0 bridgehead atoms. The highest BCUT2D eigenvalue weighted by atomic mass is 16.5. The number of nitrogens with zero attached hydrogens (tertiary/aromatic N) is 3. The molecule has 1 aromatic heterocycles. The molecule has 0 spiro atoms. The minimum atomic E-state index is -0.110. The highest BCUT2D eigenvalue weighted by molar-refractivity contribution is 6.08. The third-order valence-electron chi connectivity index (χ3n) is 3.41. The van der Waals surface area contributed by atoms with Crippen molar-refractivity contribution in [2.24, 2.45) is 0 Å². The van der Waals surface area contributed by atoms with Crippen molar-refractivity contribution in [1.82, 2.24) is 15.0 Å². The van der Waals surface area contributed by atoms with Gasteiger partial charge in [-0.15, -0.1) is 5.10 Å². The third-order valence-corrected chi connectivity index (χ3v) is 3.41. The molecular formula is C17H15N3O2. The number of ether oxygens (including phenoxy) is 1. The van der Waals surface area contributed by atoms with Crippen LogP contribution in [0, 0.1) is 6.92 Å². The lowest BCUT2D eigenvalue weighted by Crippen LogP contribution is -2.10. The number of ketones is 1. The Hall–Kier alpha value is -2.95. The Bertz CT molecular complexity index is 790. The summed E-state index contributed by atoms with van der Waals surface area (Å²) in [6.07, 6.45) is 1.48. The summed E-state index contributed by atoms with van der Waals surface area (Å²) in [6.45, 7) is 1.98. The fraction of sp³-hybridized carbons (Fsp3) is 0.118. The molecule has 22 heavy (non-hydrogen) atoms. The van der Waals surface area contributed by atoms with Crippen LogP contribution in [0.2, 0.25) is 0 Å². The molecule has 3 rings (SSSR count). The number of carbonyl (C=O) groups excluding carboxylic acids is 1. The lowest BCUT2D eigenvalue weighted by Gasteiger charge is -2.07. The van der Waals surface area contributed by atoms with E-state index in [0.717, 1.165) is 17.0 Å².